The molecule has 1 N–H and O–H groups in total. The number of carbonyl (C=O) groups is 1. The number of halogens is 1. The third-order valence-corrected chi connectivity index (χ3v) is 4.47. The summed E-state index contributed by atoms with van der Waals surface area (Å²) in [7, 11) is 0. The van der Waals surface area contributed by atoms with Crippen molar-refractivity contribution >= 4 is 35.0 Å². The minimum atomic E-state index is -0.0516. The maximum atomic E-state index is 12.0. The third kappa shape index (κ3) is 4.68. The van der Waals surface area contributed by atoms with Gasteiger partial charge in [-0.2, -0.15) is 0 Å². The Bertz CT molecular complexity index is 644. The molecule has 22 heavy (non-hydrogen) atoms. The first-order valence-electron chi connectivity index (χ1n) is 7.00. The van der Waals surface area contributed by atoms with Crippen LogP contribution in [0.5, 0.6) is 5.75 Å². The molecule has 0 heterocycles. The van der Waals surface area contributed by atoms with E-state index in [0.717, 1.165) is 21.9 Å². The van der Waals surface area contributed by atoms with Gasteiger partial charge in [-0.25, -0.2) is 0 Å². The van der Waals surface area contributed by atoms with Crippen molar-refractivity contribution in [3.63, 3.8) is 0 Å². The lowest BCUT2D eigenvalue weighted by Crippen LogP contribution is -2.14. The molecular formula is C17H18ClNO2S. The number of hydrogen-bond donors (Lipinski definition) is 1. The normalized spacial score (nSPS) is 10.3. The molecule has 0 saturated carbocycles. The van der Waals surface area contributed by atoms with Crippen LogP contribution in [0.2, 0.25) is 5.02 Å². The minimum Gasteiger partial charge on any atom is -0.494 e. The van der Waals surface area contributed by atoms with Crippen molar-refractivity contribution in [1.29, 1.82) is 0 Å². The molecule has 2 aromatic rings. The fraction of sp³-hybridized carbons (Fsp3) is 0.235. The fourth-order valence-corrected chi connectivity index (χ4v) is 2.75. The van der Waals surface area contributed by atoms with Crippen LogP contribution in [0.25, 0.3) is 0 Å². The molecule has 0 aromatic heterocycles. The molecule has 116 valence electrons. The number of benzene rings is 2. The van der Waals surface area contributed by atoms with E-state index in [1.54, 1.807) is 6.07 Å². The van der Waals surface area contributed by atoms with E-state index in [9.17, 15) is 4.79 Å². The lowest BCUT2D eigenvalue weighted by molar-refractivity contribution is -0.113. The summed E-state index contributed by atoms with van der Waals surface area (Å²) in [5.74, 6) is 1.13. The quantitative estimate of drug-likeness (QED) is 0.772. The summed E-state index contributed by atoms with van der Waals surface area (Å²) in [4.78, 5) is 13.0. The molecule has 0 saturated heterocycles. The summed E-state index contributed by atoms with van der Waals surface area (Å²) >= 11 is 7.53. The van der Waals surface area contributed by atoms with Gasteiger partial charge in [-0.1, -0.05) is 17.7 Å². The molecule has 5 heteroatoms. The fourth-order valence-electron chi connectivity index (χ4n) is 1.88. The van der Waals surface area contributed by atoms with Gasteiger partial charge in [0.1, 0.15) is 5.75 Å². The van der Waals surface area contributed by atoms with Gasteiger partial charge in [0.2, 0.25) is 5.91 Å². The second-order valence-corrected chi connectivity index (χ2v) is 6.11. The Balaban J connectivity index is 1.88. The molecular weight excluding hydrogens is 318 g/mol. The molecule has 0 aliphatic rings. The van der Waals surface area contributed by atoms with Crippen LogP contribution in [0.1, 0.15) is 12.5 Å². The first-order valence-corrected chi connectivity index (χ1v) is 8.37. The molecule has 0 aliphatic heterocycles. The number of nitrogens with one attached hydrogen (secondary N) is 1. The predicted molar refractivity (Wildman–Crippen MR) is 93.2 cm³/mol. The van der Waals surface area contributed by atoms with Crippen LogP contribution < -0.4 is 10.1 Å². The summed E-state index contributed by atoms with van der Waals surface area (Å²) in [5, 5.41) is 3.53. The zero-order valence-electron chi connectivity index (χ0n) is 12.6. The topological polar surface area (TPSA) is 38.3 Å². The second kappa shape index (κ2) is 8.11. The van der Waals surface area contributed by atoms with Gasteiger partial charge < -0.3 is 10.1 Å². The first-order chi connectivity index (χ1) is 10.6. The number of anilines is 1. The molecule has 0 aliphatic carbocycles. The highest BCUT2D eigenvalue weighted by Gasteiger charge is 2.07. The van der Waals surface area contributed by atoms with Gasteiger partial charge in [-0.15, -0.1) is 11.8 Å². The summed E-state index contributed by atoms with van der Waals surface area (Å²) < 4.78 is 5.39. The molecule has 1 amide bonds. The smallest absolute Gasteiger partial charge is 0.234 e. The molecule has 0 radical (unpaired) electrons. The molecule has 2 rings (SSSR count). The molecule has 0 atom stereocenters. The highest BCUT2D eigenvalue weighted by Crippen LogP contribution is 2.24. The van der Waals surface area contributed by atoms with E-state index in [-0.39, 0.29) is 5.91 Å². The first kappa shape index (κ1) is 16.7. The van der Waals surface area contributed by atoms with Crippen LogP contribution in [-0.4, -0.2) is 18.3 Å². The van der Waals surface area contributed by atoms with E-state index in [1.807, 2.05) is 50.2 Å². The molecule has 2 aromatic carbocycles. The van der Waals surface area contributed by atoms with E-state index in [0.29, 0.717) is 17.4 Å². The van der Waals surface area contributed by atoms with Crippen molar-refractivity contribution in [3.8, 4) is 5.75 Å². The predicted octanol–water partition coefficient (Wildman–Crippen LogP) is 4.78. The Labute approximate surface area is 140 Å². The number of carbonyl (C=O) groups excluding carboxylic acids is 1. The molecule has 3 nitrogen and oxygen atoms in total. The average Bonchev–Trinajstić information content (AvgIpc) is 2.51. The van der Waals surface area contributed by atoms with Crippen molar-refractivity contribution < 1.29 is 9.53 Å². The van der Waals surface area contributed by atoms with Crippen LogP contribution >= 0.6 is 23.4 Å². The van der Waals surface area contributed by atoms with E-state index in [2.05, 4.69) is 5.32 Å². The van der Waals surface area contributed by atoms with Gasteiger partial charge in [-0.05, 0) is 55.8 Å². The SMILES string of the molecule is CCOc1ccc(SCC(=O)Nc2cccc(Cl)c2C)cc1. The van der Waals surface area contributed by atoms with Gasteiger partial charge in [0.05, 0.1) is 12.4 Å². The van der Waals surface area contributed by atoms with E-state index in [1.165, 1.54) is 11.8 Å². The summed E-state index contributed by atoms with van der Waals surface area (Å²) in [6, 6.07) is 13.2. The van der Waals surface area contributed by atoms with Crippen LogP contribution in [0, 0.1) is 6.92 Å². The average molecular weight is 336 g/mol. The number of thioether (sulfide) groups is 1. The zero-order chi connectivity index (χ0) is 15.9. The van der Waals surface area contributed by atoms with Crippen molar-refractivity contribution in [2.75, 3.05) is 17.7 Å². The molecule has 0 bridgehead atoms. The Morgan fingerprint density at radius 2 is 1.95 bits per heavy atom. The lowest BCUT2D eigenvalue weighted by atomic mass is 10.2. The van der Waals surface area contributed by atoms with Gasteiger partial charge in [0.25, 0.3) is 0 Å². The van der Waals surface area contributed by atoms with Gasteiger partial charge in [-0.3, -0.25) is 4.79 Å². The summed E-state index contributed by atoms with van der Waals surface area (Å²) in [6.45, 7) is 4.48. The van der Waals surface area contributed by atoms with E-state index < -0.39 is 0 Å². The Morgan fingerprint density at radius 3 is 2.64 bits per heavy atom. The van der Waals surface area contributed by atoms with Crippen molar-refractivity contribution in [2.24, 2.45) is 0 Å². The molecule has 0 fully saturated rings. The highest BCUT2D eigenvalue weighted by atomic mass is 35.5. The van der Waals surface area contributed by atoms with Crippen molar-refractivity contribution in [2.45, 2.75) is 18.7 Å². The summed E-state index contributed by atoms with van der Waals surface area (Å²) in [6.07, 6.45) is 0. The van der Waals surface area contributed by atoms with Crippen LogP contribution in [0.15, 0.2) is 47.4 Å². The Kier molecular flexibility index (Phi) is 6.16. The Morgan fingerprint density at radius 1 is 1.23 bits per heavy atom. The largest absolute Gasteiger partial charge is 0.494 e. The monoisotopic (exact) mass is 335 g/mol. The van der Waals surface area contributed by atoms with Gasteiger partial charge in [0.15, 0.2) is 0 Å². The second-order valence-electron chi connectivity index (χ2n) is 4.65. The van der Waals surface area contributed by atoms with E-state index >= 15 is 0 Å². The van der Waals surface area contributed by atoms with Crippen molar-refractivity contribution in [3.05, 3.63) is 53.1 Å². The number of hydrogen-bond acceptors (Lipinski definition) is 3. The van der Waals surface area contributed by atoms with Gasteiger partial charge >= 0.3 is 0 Å². The molecule has 0 spiro atoms. The molecule has 0 unspecified atom stereocenters. The van der Waals surface area contributed by atoms with Crippen LogP contribution in [-0.2, 0) is 4.79 Å². The minimum absolute atomic E-state index is 0.0516. The van der Waals surface area contributed by atoms with Crippen molar-refractivity contribution in [1.82, 2.24) is 0 Å². The number of ether oxygens (including phenoxy) is 1. The van der Waals surface area contributed by atoms with Crippen LogP contribution in [0.3, 0.4) is 0 Å². The zero-order valence-corrected chi connectivity index (χ0v) is 14.1. The maximum absolute atomic E-state index is 12.0. The summed E-state index contributed by atoms with van der Waals surface area (Å²) in [5.41, 5.74) is 1.63. The number of amides is 1. The number of rotatable bonds is 6. The highest BCUT2D eigenvalue weighted by molar-refractivity contribution is 8.00. The standard InChI is InChI=1S/C17H18ClNO2S/c1-3-21-13-7-9-14(10-8-13)22-11-17(20)19-16-6-4-5-15(18)12(16)2/h4-10H,3,11H2,1-2H3,(H,19,20). The maximum Gasteiger partial charge on any atom is 0.234 e. The lowest BCUT2D eigenvalue weighted by Gasteiger charge is -2.09. The van der Waals surface area contributed by atoms with E-state index in [4.69, 9.17) is 16.3 Å². The Hall–Kier alpha value is -1.65. The van der Waals surface area contributed by atoms with Crippen LogP contribution in [0.4, 0.5) is 5.69 Å². The van der Waals surface area contributed by atoms with Gasteiger partial charge in [0, 0.05) is 15.6 Å². The third-order valence-electron chi connectivity index (χ3n) is 3.05.